The standard InChI is InChI=1S/C9H11Br2N3O/c1-5(2-8(12)15)14-9-7(11)3-6(10)4-13-9/h3-5H,2H2,1H3,(H2,12,15)(H,13,14). The minimum atomic E-state index is -0.330. The largest absolute Gasteiger partial charge is 0.370 e. The molecule has 0 aliphatic heterocycles. The van der Waals surface area contributed by atoms with Gasteiger partial charge in [0.15, 0.2) is 0 Å². The normalized spacial score (nSPS) is 12.2. The van der Waals surface area contributed by atoms with Crippen LogP contribution >= 0.6 is 31.9 Å². The molecule has 82 valence electrons. The summed E-state index contributed by atoms with van der Waals surface area (Å²) < 4.78 is 1.73. The second-order valence-electron chi connectivity index (χ2n) is 3.20. The number of halogens is 2. The second kappa shape index (κ2) is 5.46. The van der Waals surface area contributed by atoms with Crippen molar-refractivity contribution >= 4 is 43.6 Å². The van der Waals surface area contributed by atoms with Gasteiger partial charge in [0.2, 0.25) is 5.91 Å². The van der Waals surface area contributed by atoms with Crippen LogP contribution in [-0.4, -0.2) is 16.9 Å². The van der Waals surface area contributed by atoms with Crippen LogP contribution in [0.4, 0.5) is 5.82 Å². The average Bonchev–Trinajstić information content (AvgIpc) is 2.08. The molecule has 1 rings (SSSR count). The molecule has 1 unspecified atom stereocenters. The van der Waals surface area contributed by atoms with E-state index in [0.29, 0.717) is 5.82 Å². The summed E-state index contributed by atoms with van der Waals surface area (Å²) in [6.45, 7) is 1.88. The van der Waals surface area contributed by atoms with Gasteiger partial charge in [0.05, 0.1) is 4.47 Å². The zero-order chi connectivity index (χ0) is 11.4. The highest BCUT2D eigenvalue weighted by atomic mass is 79.9. The summed E-state index contributed by atoms with van der Waals surface area (Å²) in [7, 11) is 0. The van der Waals surface area contributed by atoms with E-state index in [2.05, 4.69) is 42.2 Å². The molecular weight excluding hydrogens is 326 g/mol. The summed E-state index contributed by atoms with van der Waals surface area (Å²) in [5.41, 5.74) is 5.09. The van der Waals surface area contributed by atoms with Crippen molar-refractivity contribution in [1.29, 1.82) is 0 Å². The number of amides is 1. The Hall–Kier alpha value is -0.620. The van der Waals surface area contributed by atoms with Gasteiger partial charge in [-0.2, -0.15) is 0 Å². The predicted octanol–water partition coefficient (Wildman–Crippen LogP) is 2.28. The van der Waals surface area contributed by atoms with Crippen LogP contribution in [0.3, 0.4) is 0 Å². The Morgan fingerprint density at radius 1 is 1.67 bits per heavy atom. The first-order valence-electron chi connectivity index (χ1n) is 4.35. The van der Waals surface area contributed by atoms with Crippen molar-refractivity contribution in [1.82, 2.24) is 4.98 Å². The maximum atomic E-state index is 10.7. The molecule has 1 aromatic rings. The van der Waals surface area contributed by atoms with Crippen molar-refractivity contribution in [2.45, 2.75) is 19.4 Å². The molecule has 0 aliphatic rings. The zero-order valence-electron chi connectivity index (χ0n) is 8.13. The Morgan fingerprint density at radius 3 is 2.87 bits per heavy atom. The van der Waals surface area contributed by atoms with Gasteiger partial charge in [-0.15, -0.1) is 0 Å². The number of pyridine rings is 1. The number of primary amides is 1. The Morgan fingerprint density at radius 2 is 2.33 bits per heavy atom. The van der Waals surface area contributed by atoms with E-state index in [-0.39, 0.29) is 18.4 Å². The molecule has 4 nitrogen and oxygen atoms in total. The van der Waals surface area contributed by atoms with E-state index in [4.69, 9.17) is 5.73 Å². The number of carbonyl (C=O) groups excluding carboxylic acids is 1. The highest BCUT2D eigenvalue weighted by molar-refractivity contribution is 9.11. The van der Waals surface area contributed by atoms with E-state index in [1.54, 1.807) is 6.20 Å². The summed E-state index contributed by atoms with van der Waals surface area (Å²) >= 11 is 6.68. The molecule has 0 bridgehead atoms. The fraction of sp³-hybridized carbons (Fsp3) is 0.333. The lowest BCUT2D eigenvalue weighted by Crippen LogP contribution is -2.24. The molecule has 1 heterocycles. The van der Waals surface area contributed by atoms with E-state index in [1.807, 2.05) is 13.0 Å². The molecule has 1 atom stereocenters. The van der Waals surface area contributed by atoms with Gasteiger partial charge in [-0.25, -0.2) is 4.98 Å². The van der Waals surface area contributed by atoms with Gasteiger partial charge < -0.3 is 11.1 Å². The molecule has 0 aliphatic carbocycles. The summed E-state index contributed by atoms with van der Waals surface area (Å²) in [6.07, 6.45) is 1.97. The van der Waals surface area contributed by atoms with Crippen molar-refractivity contribution in [3.8, 4) is 0 Å². The van der Waals surface area contributed by atoms with Crippen LogP contribution in [0.1, 0.15) is 13.3 Å². The van der Waals surface area contributed by atoms with Crippen LogP contribution in [0, 0.1) is 0 Å². The molecule has 3 N–H and O–H groups in total. The molecule has 0 radical (unpaired) electrons. The molecule has 6 heteroatoms. The smallest absolute Gasteiger partial charge is 0.219 e. The molecule has 0 spiro atoms. The van der Waals surface area contributed by atoms with E-state index in [1.165, 1.54) is 0 Å². The molecule has 1 amide bonds. The number of carbonyl (C=O) groups is 1. The Balaban J connectivity index is 2.68. The molecular formula is C9H11Br2N3O. The van der Waals surface area contributed by atoms with Gasteiger partial charge in [0, 0.05) is 23.1 Å². The van der Waals surface area contributed by atoms with E-state index < -0.39 is 0 Å². The van der Waals surface area contributed by atoms with Gasteiger partial charge in [-0.3, -0.25) is 4.79 Å². The lowest BCUT2D eigenvalue weighted by molar-refractivity contribution is -0.118. The van der Waals surface area contributed by atoms with E-state index >= 15 is 0 Å². The Kier molecular flexibility index (Phi) is 4.53. The molecule has 15 heavy (non-hydrogen) atoms. The lowest BCUT2D eigenvalue weighted by Gasteiger charge is -2.13. The summed E-state index contributed by atoms with van der Waals surface area (Å²) in [5.74, 6) is 0.371. The SMILES string of the molecule is CC(CC(N)=O)Nc1ncc(Br)cc1Br. The fourth-order valence-electron chi connectivity index (χ4n) is 1.11. The van der Waals surface area contributed by atoms with E-state index in [9.17, 15) is 4.79 Å². The Bertz CT molecular complexity index is 370. The van der Waals surface area contributed by atoms with Gasteiger partial charge in [0.25, 0.3) is 0 Å². The minimum Gasteiger partial charge on any atom is -0.370 e. The molecule has 0 fully saturated rings. The number of rotatable bonds is 4. The van der Waals surface area contributed by atoms with Crippen LogP contribution in [0.25, 0.3) is 0 Å². The third kappa shape index (κ3) is 4.17. The number of nitrogens with two attached hydrogens (primary N) is 1. The quantitative estimate of drug-likeness (QED) is 0.886. The monoisotopic (exact) mass is 335 g/mol. The van der Waals surface area contributed by atoms with Gasteiger partial charge in [0.1, 0.15) is 5.82 Å². The highest BCUT2D eigenvalue weighted by Crippen LogP contribution is 2.24. The number of nitrogens with one attached hydrogen (secondary N) is 1. The van der Waals surface area contributed by atoms with Crippen LogP contribution in [-0.2, 0) is 4.79 Å². The van der Waals surface area contributed by atoms with Crippen LogP contribution in [0.15, 0.2) is 21.2 Å². The predicted molar refractivity (Wildman–Crippen MR) is 66.5 cm³/mol. The summed E-state index contributed by atoms with van der Waals surface area (Å²) in [6, 6.07) is 1.85. The van der Waals surface area contributed by atoms with Crippen LogP contribution in [0.5, 0.6) is 0 Å². The molecule has 0 saturated carbocycles. The third-order valence-corrected chi connectivity index (χ3v) is 2.74. The molecule has 1 aromatic heterocycles. The summed E-state index contributed by atoms with van der Waals surface area (Å²) in [4.78, 5) is 14.8. The zero-order valence-corrected chi connectivity index (χ0v) is 11.3. The van der Waals surface area contributed by atoms with Crippen LogP contribution < -0.4 is 11.1 Å². The van der Waals surface area contributed by atoms with Crippen molar-refractivity contribution in [3.63, 3.8) is 0 Å². The van der Waals surface area contributed by atoms with Crippen LogP contribution in [0.2, 0.25) is 0 Å². The van der Waals surface area contributed by atoms with Crippen molar-refractivity contribution in [2.75, 3.05) is 5.32 Å². The van der Waals surface area contributed by atoms with Crippen molar-refractivity contribution < 1.29 is 4.79 Å². The fourth-order valence-corrected chi connectivity index (χ4v) is 2.21. The van der Waals surface area contributed by atoms with E-state index in [0.717, 1.165) is 8.95 Å². The first-order valence-corrected chi connectivity index (χ1v) is 5.93. The lowest BCUT2D eigenvalue weighted by atomic mass is 10.2. The van der Waals surface area contributed by atoms with Crippen molar-refractivity contribution in [2.24, 2.45) is 5.73 Å². The minimum absolute atomic E-state index is 0.0347. The number of hydrogen-bond acceptors (Lipinski definition) is 3. The number of anilines is 1. The van der Waals surface area contributed by atoms with Gasteiger partial charge in [-0.1, -0.05) is 0 Å². The number of hydrogen-bond donors (Lipinski definition) is 2. The van der Waals surface area contributed by atoms with Gasteiger partial charge >= 0.3 is 0 Å². The first kappa shape index (κ1) is 12.4. The number of aromatic nitrogens is 1. The topological polar surface area (TPSA) is 68.0 Å². The third-order valence-electron chi connectivity index (χ3n) is 1.70. The Labute approximate surface area is 105 Å². The first-order chi connectivity index (χ1) is 6.99. The number of nitrogens with zero attached hydrogens (tertiary/aromatic N) is 1. The van der Waals surface area contributed by atoms with Crippen molar-refractivity contribution in [3.05, 3.63) is 21.2 Å². The van der Waals surface area contributed by atoms with Gasteiger partial charge in [-0.05, 0) is 44.8 Å². The maximum absolute atomic E-state index is 10.7. The average molecular weight is 337 g/mol. The highest BCUT2D eigenvalue weighted by Gasteiger charge is 2.08. The maximum Gasteiger partial charge on any atom is 0.219 e. The summed E-state index contributed by atoms with van der Waals surface area (Å²) in [5, 5.41) is 3.09. The second-order valence-corrected chi connectivity index (χ2v) is 4.97. The molecule has 0 saturated heterocycles. The molecule has 0 aromatic carbocycles.